The van der Waals surface area contributed by atoms with Gasteiger partial charge in [0, 0.05) is 7.11 Å². The number of alkyl carbamates (subject to hydrolysis) is 1. The fourth-order valence-corrected chi connectivity index (χ4v) is 1.51. The summed E-state index contributed by atoms with van der Waals surface area (Å²) in [5, 5.41) is 12.0. The lowest BCUT2D eigenvalue weighted by Crippen LogP contribution is -2.53. The molecular formula is C15H30N2O6. The average Bonchev–Trinajstić information content (AvgIpc) is 2.43. The van der Waals surface area contributed by atoms with Crippen LogP contribution in [0.5, 0.6) is 0 Å². The van der Waals surface area contributed by atoms with Crippen LogP contribution >= 0.6 is 0 Å². The summed E-state index contributed by atoms with van der Waals surface area (Å²) in [7, 11) is 2.24. The Hall–Kier alpha value is -1.83. The maximum Gasteiger partial charge on any atom is 0.408 e. The van der Waals surface area contributed by atoms with Gasteiger partial charge in [0.2, 0.25) is 5.91 Å². The van der Waals surface area contributed by atoms with Crippen LogP contribution in [0.15, 0.2) is 0 Å². The smallest absolute Gasteiger partial charge is 0.408 e. The molecule has 8 heteroatoms. The van der Waals surface area contributed by atoms with Crippen LogP contribution < -0.4 is 10.6 Å². The molecule has 0 bridgehead atoms. The molecule has 8 nitrogen and oxygen atoms in total. The number of aliphatic hydroxyl groups is 1. The van der Waals surface area contributed by atoms with E-state index in [2.05, 4.69) is 15.4 Å². The number of aliphatic hydroxyl groups excluding tert-OH is 1. The normalized spacial score (nSPS) is 13.1. The Kier molecular flexibility index (Phi) is 11.0. The van der Waals surface area contributed by atoms with Crippen LogP contribution in [-0.4, -0.2) is 55.0 Å². The first-order chi connectivity index (χ1) is 10.5. The molecule has 0 aliphatic heterocycles. The van der Waals surface area contributed by atoms with Crippen LogP contribution in [0, 0.1) is 5.92 Å². The summed E-state index contributed by atoms with van der Waals surface area (Å²) in [6.45, 7) is 10.3. The number of nitrogens with one attached hydrogen (secondary N) is 2. The summed E-state index contributed by atoms with van der Waals surface area (Å²) in [4.78, 5) is 35.2. The van der Waals surface area contributed by atoms with Crippen molar-refractivity contribution in [2.24, 2.45) is 5.92 Å². The second kappa shape index (κ2) is 10.8. The molecule has 3 N–H and O–H groups in total. The predicted molar refractivity (Wildman–Crippen MR) is 85.8 cm³/mol. The molecule has 0 aromatic heterocycles. The number of hydrogen-bond acceptors (Lipinski definition) is 6. The minimum atomic E-state index is -0.799. The number of amides is 2. The van der Waals surface area contributed by atoms with Crippen molar-refractivity contribution in [2.45, 2.75) is 59.2 Å². The van der Waals surface area contributed by atoms with Gasteiger partial charge in [-0.25, -0.2) is 9.59 Å². The Morgan fingerprint density at radius 3 is 1.83 bits per heavy atom. The van der Waals surface area contributed by atoms with Crippen LogP contribution in [0.1, 0.15) is 41.5 Å². The zero-order valence-corrected chi connectivity index (χ0v) is 15.2. The fourth-order valence-electron chi connectivity index (χ4n) is 1.51. The molecule has 0 saturated heterocycles. The van der Waals surface area contributed by atoms with Gasteiger partial charge >= 0.3 is 12.1 Å². The number of carbonyl (C=O) groups is 3. The molecule has 0 heterocycles. The van der Waals surface area contributed by atoms with Crippen molar-refractivity contribution < 1.29 is 29.0 Å². The number of rotatable bonds is 5. The first-order valence-corrected chi connectivity index (χ1v) is 7.30. The zero-order chi connectivity index (χ0) is 18.8. The molecule has 0 rings (SSSR count). The summed E-state index contributed by atoms with van der Waals surface area (Å²) in [5.41, 5.74) is -0.651. The fraction of sp³-hybridized carbons (Fsp3) is 0.800. The Morgan fingerprint density at radius 1 is 1.00 bits per heavy atom. The van der Waals surface area contributed by atoms with Gasteiger partial charge in [-0.15, -0.1) is 0 Å². The van der Waals surface area contributed by atoms with Crippen molar-refractivity contribution in [2.75, 3.05) is 14.2 Å². The average molecular weight is 334 g/mol. The molecule has 2 unspecified atom stereocenters. The van der Waals surface area contributed by atoms with E-state index in [1.165, 1.54) is 14.0 Å². The molecule has 0 aliphatic carbocycles. The Labute approximate surface area is 137 Å². The van der Waals surface area contributed by atoms with E-state index in [4.69, 9.17) is 9.84 Å². The van der Waals surface area contributed by atoms with Crippen LogP contribution in [0.4, 0.5) is 4.79 Å². The lowest BCUT2D eigenvalue weighted by Gasteiger charge is -2.26. The van der Waals surface area contributed by atoms with Gasteiger partial charge in [0.1, 0.15) is 17.7 Å². The van der Waals surface area contributed by atoms with E-state index in [0.29, 0.717) is 0 Å². The Balaban J connectivity index is 0. The van der Waals surface area contributed by atoms with Crippen LogP contribution in [0.25, 0.3) is 0 Å². The quantitative estimate of drug-likeness (QED) is 0.642. The maximum atomic E-state index is 12.1. The van der Waals surface area contributed by atoms with Gasteiger partial charge in [-0.1, -0.05) is 13.8 Å². The van der Waals surface area contributed by atoms with E-state index in [9.17, 15) is 14.4 Å². The molecule has 0 aliphatic rings. The highest BCUT2D eigenvalue weighted by molar-refractivity contribution is 5.89. The Bertz CT molecular complexity index is 390. The number of esters is 1. The van der Waals surface area contributed by atoms with Gasteiger partial charge in [0.25, 0.3) is 0 Å². The number of ether oxygens (including phenoxy) is 2. The van der Waals surface area contributed by atoms with Crippen molar-refractivity contribution in [1.82, 2.24) is 10.6 Å². The van der Waals surface area contributed by atoms with Crippen LogP contribution in [-0.2, 0) is 19.1 Å². The monoisotopic (exact) mass is 334 g/mol. The second-order valence-electron chi connectivity index (χ2n) is 6.12. The number of hydrogen-bond donors (Lipinski definition) is 3. The molecule has 0 spiro atoms. The van der Waals surface area contributed by atoms with E-state index in [0.717, 1.165) is 7.11 Å². The standard InChI is InChI=1S/C14H26N2O5.CH4O/c1-8(2)10(16-13(19)21-14(4,5)6)11(17)15-9(3)12(18)20-7;1-2/h8-10H,1-7H3,(H,15,17)(H,16,19);2H,1H3. The lowest BCUT2D eigenvalue weighted by molar-refractivity contribution is -0.144. The van der Waals surface area contributed by atoms with Crippen molar-refractivity contribution in [3.8, 4) is 0 Å². The summed E-state index contributed by atoms with van der Waals surface area (Å²) in [6, 6.07) is -1.59. The van der Waals surface area contributed by atoms with Gasteiger partial charge in [-0.05, 0) is 33.6 Å². The van der Waals surface area contributed by atoms with Crippen molar-refractivity contribution in [1.29, 1.82) is 0 Å². The number of carbonyl (C=O) groups excluding carboxylic acids is 3. The summed E-state index contributed by atoms with van der Waals surface area (Å²) >= 11 is 0. The van der Waals surface area contributed by atoms with Gasteiger partial charge in [0.05, 0.1) is 7.11 Å². The van der Waals surface area contributed by atoms with Crippen molar-refractivity contribution in [3.05, 3.63) is 0 Å². The van der Waals surface area contributed by atoms with E-state index in [1.807, 2.05) is 0 Å². The highest BCUT2D eigenvalue weighted by Crippen LogP contribution is 2.09. The van der Waals surface area contributed by atoms with E-state index in [1.54, 1.807) is 34.6 Å². The van der Waals surface area contributed by atoms with Crippen molar-refractivity contribution >= 4 is 18.0 Å². The lowest BCUT2D eigenvalue weighted by atomic mass is 10.0. The third-order valence-corrected chi connectivity index (χ3v) is 2.53. The molecule has 0 aromatic carbocycles. The minimum Gasteiger partial charge on any atom is -0.467 e. The number of methoxy groups -OCH3 is 1. The SMILES string of the molecule is CO.COC(=O)C(C)NC(=O)C(NC(=O)OC(C)(C)C)C(C)C. The molecule has 0 saturated carbocycles. The zero-order valence-electron chi connectivity index (χ0n) is 15.2. The molecule has 2 amide bonds. The van der Waals surface area contributed by atoms with Gasteiger partial charge < -0.3 is 25.2 Å². The summed E-state index contributed by atoms with van der Waals surface area (Å²) < 4.78 is 9.65. The summed E-state index contributed by atoms with van der Waals surface area (Å²) in [5.74, 6) is -1.18. The van der Waals surface area contributed by atoms with Crippen LogP contribution in [0.3, 0.4) is 0 Å². The molecule has 0 aromatic rings. The largest absolute Gasteiger partial charge is 0.467 e. The van der Waals surface area contributed by atoms with Crippen LogP contribution in [0.2, 0.25) is 0 Å². The highest BCUT2D eigenvalue weighted by atomic mass is 16.6. The molecule has 136 valence electrons. The third-order valence-electron chi connectivity index (χ3n) is 2.53. The molecular weight excluding hydrogens is 304 g/mol. The molecule has 0 fully saturated rings. The molecule has 23 heavy (non-hydrogen) atoms. The summed E-state index contributed by atoms with van der Waals surface area (Å²) in [6.07, 6.45) is -0.679. The first-order valence-electron chi connectivity index (χ1n) is 7.30. The predicted octanol–water partition coefficient (Wildman–Crippen LogP) is 0.822. The van der Waals surface area contributed by atoms with Gasteiger partial charge in [-0.3, -0.25) is 4.79 Å². The molecule has 2 atom stereocenters. The second-order valence-corrected chi connectivity index (χ2v) is 6.12. The minimum absolute atomic E-state index is 0.164. The topological polar surface area (TPSA) is 114 Å². The van der Waals surface area contributed by atoms with Gasteiger partial charge in [-0.2, -0.15) is 0 Å². The van der Waals surface area contributed by atoms with Gasteiger partial charge in [0.15, 0.2) is 0 Å². The maximum absolute atomic E-state index is 12.1. The van der Waals surface area contributed by atoms with E-state index < -0.39 is 35.7 Å². The molecule has 0 radical (unpaired) electrons. The van der Waals surface area contributed by atoms with E-state index in [-0.39, 0.29) is 5.92 Å². The Morgan fingerprint density at radius 2 is 1.48 bits per heavy atom. The van der Waals surface area contributed by atoms with Crippen molar-refractivity contribution in [3.63, 3.8) is 0 Å². The van der Waals surface area contributed by atoms with E-state index >= 15 is 0 Å². The highest BCUT2D eigenvalue weighted by Gasteiger charge is 2.28. The third kappa shape index (κ3) is 10.5. The first kappa shape index (κ1) is 23.4.